The molecule has 3 aromatic carbocycles. The summed E-state index contributed by atoms with van der Waals surface area (Å²) < 4.78 is 27.7. The third-order valence-electron chi connectivity index (χ3n) is 4.73. The number of anilines is 2. The Morgan fingerprint density at radius 3 is 2.33 bits per heavy atom. The lowest BCUT2D eigenvalue weighted by molar-refractivity contribution is -0.384. The molecule has 0 aliphatic heterocycles. The second-order valence-electron chi connectivity index (χ2n) is 8.29. The van der Waals surface area contributed by atoms with Crippen LogP contribution in [0.25, 0.3) is 0 Å². The van der Waals surface area contributed by atoms with Gasteiger partial charge >= 0.3 is 0 Å². The maximum absolute atomic E-state index is 12.7. The number of nitrogens with zero attached hydrogens (tertiary/aromatic N) is 2. The minimum Gasteiger partial charge on any atom is -0.280 e. The summed E-state index contributed by atoms with van der Waals surface area (Å²) in [6, 6.07) is 17.5. The van der Waals surface area contributed by atoms with E-state index in [1.54, 1.807) is 12.1 Å². The number of hydrogen-bond acceptors (Lipinski definition) is 6. The average Bonchev–Trinajstić information content (AvgIpc) is 2.73. The van der Waals surface area contributed by atoms with E-state index in [9.17, 15) is 18.5 Å². The Bertz CT molecular complexity index is 1300. The summed E-state index contributed by atoms with van der Waals surface area (Å²) >= 11 is 5.88. The highest BCUT2D eigenvalue weighted by molar-refractivity contribution is 7.92. The molecule has 0 spiro atoms. The topological polar surface area (TPSA) is 114 Å². The van der Waals surface area contributed by atoms with Crippen LogP contribution in [0.2, 0.25) is 5.02 Å². The molecule has 0 aliphatic rings. The fraction of sp³-hybridized carbons (Fsp3) is 0.174. The van der Waals surface area contributed by atoms with Gasteiger partial charge in [-0.15, -0.1) is 0 Å². The van der Waals surface area contributed by atoms with Crippen LogP contribution in [0.5, 0.6) is 0 Å². The van der Waals surface area contributed by atoms with Crippen LogP contribution in [-0.4, -0.2) is 19.6 Å². The summed E-state index contributed by atoms with van der Waals surface area (Å²) in [5.41, 5.74) is 4.50. The maximum Gasteiger partial charge on any atom is 0.295 e. The number of sulfonamides is 1. The van der Waals surface area contributed by atoms with Crippen LogP contribution < -0.4 is 10.1 Å². The Hall–Kier alpha value is -3.43. The molecule has 0 bridgehead atoms. The van der Waals surface area contributed by atoms with Gasteiger partial charge in [0.15, 0.2) is 0 Å². The number of hydrazone groups is 1. The number of benzene rings is 3. The van der Waals surface area contributed by atoms with Gasteiger partial charge in [-0.1, -0.05) is 62.7 Å². The number of rotatable bonds is 7. The highest BCUT2D eigenvalue weighted by atomic mass is 35.5. The van der Waals surface area contributed by atoms with Gasteiger partial charge in [0.1, 0.15) is 5.69 Å². The molecule has 10 heteroatoms. The molecule has 8 nitrogen and oxygen atoms in total. The zero-order chi connectivity index (χ0) is 24.2. The fourth-order valence-corrected chi connectivity index (χ4v) is 4.20. The van der Waals surface area contributed by atoms with E-state index in [1.165, 1.54) is 36.0 Å². The minimum absolute atomic E-state index is 0.0260. The first-order valence-electron chi connectivity index (χ1n) is 9.92. The van der Waals surface area contributed by atoms with Gasteiger partial charge < -0.3 is 0 Å². The molecule has 0 radical (unpaired) electrons. The van der Waals surface area contributed by atoms with E-state index < -0.39 is 20.6 Å². The zero-order valence-electron chi connectivity index (χ0n) is 18.2. The van der Waals surface area contributed by atoms with E-state index in [0.29, 0.717) is 5.02 Å². The van der Waals surface area contributed by atoms with Crippen molar-refractivity contribution in [1.82, 2.24) is 0 Å². The Labute approximate surface area is 197 Å². The van der Waals surface area contributed by atoms with E-state index in [4.69, 9.17) is 11.6 Å². The molecule has 0 atom stereocenters. The van der Waals surface area contributed by atoms with Gasteiger partial charge in [-0.2, -0.15) is 5.10 Å². The maximum atomic E-state index is 12.7. The molecule has 0 saturated heterocycles. The number of halogens is 1. The molecule has 0 saturated carbocycles. The molecule has 0 fully saturated rings. The van der Waals surface area contributed by atoms with Crippen LogP contribution in [0.1, 0.15) is 31.9 Å². The zero-order valence-corrected chi connectivity index (χ0v) is 19.8. The largest absolute Gasteiger partial charge is 0.295 e. The molecule has 33 heavy (non-hydrogen) atoms. The van der Waals surface area contributed by atoms with Crippen LogP contribution in [0.4, 0.5) is 17.1 Å². The quantitative estimate of drug-likeness (QED) is 0.249. The van der Waals surface area contributed by atoms with Crippen molar-refractivity contribution in [1.29, 1.82) is 0 Å². The van der Waals surface area contributed by atoms with Crippen LogP contribution in [0, 0.1) is 10.1 Å². The van der Waals surface area contributed by atoms with E-state index in [0.717, 1.165) is 11.6 Å². The van der Waals surface area contributed by atoms with Gasteiger partial charge in [0.25, 0.3) is 15.7 Å². The van der Waals surface area contributed by atoms with Gasteiger partial charge in [-0.05, 0) is 46.9 Å². The first kappa shape index (κ1) is 24.2. The first-order valence-corrected chi connectivity index (χ1v) is 11.8. The van der Waals surface area contributed by atoms with Crippen molar-refractivity contribution in [2.75, 3.05) is 10.1 Å². The third kappa shape index (κ3) is 6.30. The van der Waals surface area contributed by atoms with Gasteiger partial charge in [0.05, 0.1) is 21.7 Å². The molecule has 0 amide bonds. The lowest BCUT2D eigenvalue weighted by Gasteiger charge is -2.18. The van der Waals surface area contributed by atoms with Crippen molar-refractivity contribution in [3.63, 3.8) is 0 Å². The molecule has 0 aromatic heterocycles. The van der Waals surface area contributed by atoms with Crippen molar-refractivity contribution >= 4 is 44.9 Å². The summed E-state index contributed by atoms with van der Waals surface area (Å²) in [4.78, 5) is 10.6. The predicted molar refractivity (Wildman–Crippen MR) is 132 cm³/mol. The van der Waals surface area contributed by atoms with Crippen molar-refractivity contribution in [2.45, 2.75) is 31.1 Å². The van der Waals surface area contributed by atoms with Gasteiger partial charge in [-0.25, -0.2) is 8.42 Å². The molecule has 3 rings (SSSR count). The standard InChI is InChI=1S/C23H23ClN4O4S/c1-23(2,3)17-9-7-16(8-10-17)15-25-26-21-12-11-20(14-22(21)28(29)30)33(31,32)27-19-6-4-5-18(24)13-19/h4-15,26-27H,1-3H3. The van der Waals surface area contributed by atoms with Crippen LogP contribution in [0.3, 0.4) is 0 Å². The second kappa shape index (κ2) is 9.60. The lowest BCUT2D eigenvalue weighted by Crippen LogP contribution is -2.13. The van der Waals surface area contributed by atoms with Gasteiger partial charge in [0, 0.05) is 11.1 Å². The monoisotopic (exact) mass is 486 g/mol. The predicted octanol–water partition coefficient (Wildman–Crippen LogP) is 5.79. The smallest absolute Gasteiger partial charge is 0.280 e. The van der Waals surface area contributed by atoms with Crippen molar-refractivity contribution in [3.8, 4) is 0 Å². The number of nitro groups is 1. The van der Waals surface area contributed by atoms with Crippen molar-refractivity contribution in [3.05, 3.63) is 93.0 Å². The Morgan fingerprint density at radius 1 is 1.03 bits per heavy atom. The first-order chi connectivity index (χ1) is 15.5. The van der Waals surface area contributed by atoms with E-state index in [-0.39, 0.29) is 21.7 Å². The highest BCUT2D eigenvalue weighted by Gasteiger charge is 2.21. The van der Waals surface area contributed by atoms with Gasteiger partial charge in [-0.3, -0.25) is 20.3 Å². The highest BCUT2D eigenvalue weighted by Crippen LogP contribution is 2.29. The molecule has 172 valence electrons. The van der Waals surface area contributed by atoms with Crippen molar-refractivity contribution in [2.24, 2.45) is 5.10 Å². The SMILES string of the molecule is CC(C)(C)c1ccc(C=NNc2ccc(S(=O)(=O)Nc3cccc(Cl)c3)cc2[N+](=O)[O-])cc1. The molecule has 2 N–H and O–H groups in total. The summed E-state index contributed by atoms with van der Waals surface area (Å²) in [6.45, 7) is 6.35. The normalized spacial score (nSPS) is 12.0. The number of nitrogens with one attached hydrogen (secondary N) is 2. The number of nitro benzene ring substituents is 1. The van der Waals surface area contributed by atoms with Crippen molar-refractivity contribution < 1.29 is 13.3 Å². The Morgan fingerprint density at radius 2 is 1.73 bits per heavy atom. The Balaban J connectivity index is 1.80. The molecule has 3 aromatic rings. The lowest BCUT2D eigenvalue weighted by atomic mass is 9.87. The van der Waals surface area contributed by atoms with Crippen LogP contribution in [-0.2, 0) is 15.4 Å². The third-order valence-corrected chi connectivity index (χ3v) is 6.34. The Kier molecular flexibility index (Phi) is 7.04. The van der Waals surface area contributed by atoms with Crippen LogP contribution in [0.15, 0.2) is 76.7 Å². The molecular weight excluding hydrogens is 464 g/mol. The minimum atomic E-state index is -4.06. The number of hydrogen-bond donors (Lipinski definition) is 2. The van der Waals surface area contributed by atoms with E-state index >= 15 is 0 Å². The fourth-order valence-electron chi connectivity index (χ4n) is 2.94. The summed E-state index contributed by atoms with van der Waals surface area (Å²) in [5.74, 6) is 0. The molecule has 0 heterocycles. The van der Waals surface area contributed by atoms with Crippen LogP contribution >= 0.6 is 11.6 Å². The average molecular weight is 487 g/mol. The summed E-state index contributed by atoms with van der Waals surface area (Å²) in [7, 11) is -4.06. The van der Waals surface area contributed by atoms with E-state index in [2.05, 4.69) is 36.0 Å². The van der Waals surface area contributed by atoms with Gasteiger partial charge in [0.2, 0.25) is 0 Å². The second-order valence-corrected chi connectivity index (χ2v) is 10.4. The summed E-state index contributed by atoms with van der Waals surface area (Å²) in [5, 5.41) is 16.0. The summed E-state index contributed by atoms with van der Waals surface area (Å²) in [6.07, 6.45) is 1.53. The molecule has 0 unspecified atom stereocenters. The molecular formula is C23H23ClN4O4S. The molecule has 0 aliphatic carbocycles. The van der Waals surface area contributed by atoms with E-state index in [1.807, 2.05) is 24.3 Å².